The van der Waals surface area contributed by atoms with Crippen LogP contribution in [0.1, 0.15) is 95.8 Å². The first-order valence-corrected chi connectivity index (χ1v) is 24.2. The SMILES string of the molecule is CC(C)c1cc(C(=O)N2Cc3ccc(CN4CCC5(CC4)CCN(C(=O)C4CCN(Cc6cc7nc(-c8cnc(N)nc8)nc(N8CCOCC8)c7s6)CC4)CC5)cc3C2)c(O)cc1O. The van der Waals surface area contributed by atoms with Crippen LogP contribution < -0.4 is 10.6 Å². The van der Waals surface area contributed by atoms with E-state index in [2.05, 4.69) is 53.8 Å². The molecule has 5 aliphatic rings. The van der Waals surface area contributed by atoms with Gasteiger partial charge in [-0.1, -0.05) is 32.0 Å². The summed E-state index contributed by atoms with van der Waals surface area (Å²) in [4.78, 5) is 58.3. The number of nitrogens with two attached hydrogens (primary N) is 1. The number of likely N-dealkylation sites (tertiary alicyclic amines) is 3. The molecule has 342 valence electrons. The first-order valence-electron chi connectivity index (χ1n) is 23.4. The molecule has 15 nitrogen and oxygen atoms in total. The van der Waals surface area contributed by atoms with Crippen molar-refractivity contribution in [3.05, 3.63) is 81.5 Å². The number of aromatic hydroxyl groups is 2. The highest BCUT2D eigenvalue weighted by atomic mass is 32.1. The van der Waals surface area contributed by atoms with Gasteiger partial charge in [-0.3, -0.25) is 19.4 Å². The van der Waals surface area contributed by atoms with Gasteiger partial charge in [-0.25, -0.2) is 19.9 Å². The van der Waals surface area contributed by atoms with Crippen molar-refractivity contribution >= 4 is 45.1 Å². The number of nitrogens with zero attached hydrogens (tertiary/aromatic N) is 9. The van der Waals surface area contributed by atoms with E-state index in [-0.39, 0.29) is 40.8 Å². The Morgan fingerprint density at radius 2 is 1.51 bits per heavy atom. The molecule has 10 rings (SSSR count). The van der Waals surface area contributed by atoms with Gasteiger partial charge in [0.25, 0.3) is 5.91 Å². The maximum Gasteiger partial charge on any atom is 0.258 e. The third-order valence-corrected chi connectivity index (χ3v) is 15.8. The average Bonchev–Trinajstić information content (AvgIpc) is 3.94. The summed E-state index contributed by atoms with van der Waals surface area (Å²) in [7, 11) is 0. The molecule has 5 aromatic rings. The number of piperidine rings is 3. The van der Waals surface area contributed by atoms with Gasteiger partial charge in [-0.05, 0) is 110 Å². The molecule has 4 fully saturated rings. The highest BCUT2D eigenvalue weighted by Gasteiger charge is 2.40. The number of aromatic nitrogens is 4. The molecule has 2 aromatic carbocycles. The van der Waals surface area contributed by atoms with Crippen LogP contribution in [-0.4, -0.2) is 127 Å². The molecule has 0 atom stereocenters. The summed E-state index contributed by atoms with van der Waals surface area (Å²) in [5.74, 6) is 1.79. The summed E-state index contributed by atoms with van der Waals surface area (Å²) in [6.07, 6.45) is 9.60. The molecule has 3 aromatic heterocycles. The van der Waals surface area contributed by atoms with Crippen LogP contribution in [0.25, 0.3) is 21.6 Å². The van der Waals surface area contributed by atoms with Crippen LogP contribution in [0.15, 0.2) is 48.8 Å². The molecule has 0 saturated carbocycles. The fraction of sp³-hybridized carbons (Fsp3) is 0.510. The molecule has 1 spiro atoms. The highest BCUT2D eigenvalue weighted by Crippen LogP contribution is 2.43. The second kappa shape index (κ2) is 18.1. The van der Waals surface area contributed by atoms with Gasteiger partial charge in [0.2, 0.25) is 11.9 Å². The van der Waals surface area contributed by atoms with Gasteiger partial charge in [0.15, 0.2) is 11.6 Å². The summed E-state index contributed by atoms with van der Waals surface area (Å²) in [5, 5.41) is 20.8. The van der Waals surface area contributed by atoms with E-state index < -0.39 is 0 Å². The number of benzene rings is 2. The molecule has 8 heterocycles. The molecule has 0 aliphatic carbocycles. The maximum atomic E-state index is 13.9. The standard InChI is InChI=1S/C49H60N10O5S/c1-31(2)38-23-39(42(61)24-41(38)60)47(63)59-28-34-4-3-32(21-35(34)29-59)27-56-13-7-49(8-14-56)9-15-58(16-10-49)46(62)33-5-11-55(12-6-33)30-37-22-40-43(65-37)45(57-17-19-64-20-18-57)54-44(53-40)36-25-51-48(50)52-26-36/h3-4,21-26,31,33,60-61H,5-20,27-30H2,1-2H3,(H2,50,51,52). The van der Waals surface area contributed by atoms with E-state index in [4.69, 9.17) is 20.4 Å². The van der Waals surface area contributed by atoms with E-state index in [0.29, 0.717) is 49.0 Å². The molecule has 0 unspecified atom stereocenters. The summed E-state index contributed by atoms with van der Waals surface area (Å²) in [6, 6.07) is 11.7. The molecule has 16 heteroatoms. The lowest BCUT2D eigenvalue weighted by molar-refractivity contribution is -0.140. The van der Waals surface area contributed by atoms with Crippen molar-refractivity contribution in [2.75, 3.05) is 76.2 Å². The van der Waals surface area contributed by atoms with Crippen molar-refractivity contribution in [3.63, 3.8) is 0 Å². The minimum absolute atomic E-state index is 0.00914. The third kappa shape index (κ3) is 9.10. The number of carbonyl (C=O) groups excluding carboxylic acids is 2. The number of rotatable bonds is 9. The average molecular weight is 901 g/mol. The van der Waals surface area contributed by atoms with Crippen LogP contribution >= 0.6 is 11.3 Å². The zero-order valence-corrected chi connectivity index (χ0v) is 38.4. The number of phenols is 2. The largest absolute Gasteiger partial charge is 0.508 e. The fourth-order valence-electron chi connectivity index (χ4n) is 10.7. The smallest absolute Gasteiger partial charge is 0.258 e. The Balaban J connectivity index is 0.690. The van der Waals surface area contributed by atoms with Crippen LogP contribution in [0.4, 0.5) is 11.8 Å². The van der Waals surface area contributed by atoms with Gasteiger partial charge in [0.05, 0.1) is 34.6 Å². The van der Waals surface area contributed by atoms with Crippen LogP contribution in [0, 0.1) is 11.3 Å². The van der Waals surface area contributed by atoms with Crippen molar-refractivity contribution in [3.8, 4) is 22.9 Å². The highest BCUT2D eigenvalue weighted by molar-refractivity contribution is 7.19. The second-order valence-electron chi connectivity index (χ2n) is 19.2. The lowest BCUT2D eigenvalue weighted by Gasteiger charge is -2.47. The summed E-state index contributed by atoms with van der Waals surface area (Å²) >= 11 is 1.76. The zero-order valence-electron chi connectivity index (χ0n) is 37.5. The van der Waals surface area contributed by atoms with Gasteiger partial charge in [-0.15, -0.1) is 11.3 Å². The van der Waals surface area contributed by atoms with E-state index >= 15 is 0 Å². The first kappa shape index (κ1) is 43.5. The van der Waals surface area contributed by atoms with Crippen molar-refractivity contribution in [2.45, 2.75) is 84.5 Å². The van der Waals surface area contributed by atoms with Crippen molar-refractivity contribution < 1.29 is 24.5 Å². The molecule has 0 bridgehead atoms. The predicted octanol–water partition coefficient (Wildman–Crippen LogP) is 6.37. The monoisotopic (exact) mass is 900 g/mol. The number of hydrogen-bond donors (Lipinski definition) is 3. The van der Waals surface area contributed by atoms with Gasteiger partial charge in [0, 0.05) is 81.6 Å². The summed E-state index contributed by atoms with van der Waals surface area (Å²) < 4.78 is 6.73. The minimum Gasteiger partial charge on any atom is -0.508 e. The van der Waals surface area contributed by atoms with Crippen molar-refractivity contribution in [1.29, 1.82) is 0 Å². The van der Waals surface area contributed by atoms with Crippen LogP contribution in [0.3, 0.4) is 0 Å². The quantitative estimate of drug-likeness (QED) is 0.149. The predicted molar refractivity (Wildman–Crippen MR) is 251 cm³/mol. The van der Waals surface area contributed by atoms with Gasteiger partial charge >= 0.3 is 0 Å². The Labute approximate surface area is 384 Å². The number of phenolic OH excluding ortho intramolecular Hbond substituents is 2. The third-order valence-electron chi connectivity index (χ3n) is 14.7. The molecule has 65 heavy (non-hydrogen) atoms. The number of thiophene rings is 1. The molecule has 4 saturated heterocycles. The van der Waals surface area contributed by atoms with Crippen LogP contribution in [0.2, 0.25) is 0 Å². The molecule has 0 radical (unpaired) electrons. The van der Waals surface area contributed by atoms with Gasteiger partial charge in [-0.2, -0.15) is 0 Å². The number of ether oxygens (including phenoxy) is 1. The van der Waals surface area contributed by atoms with Crippen molar-refractivity contribution in [2.24, 2.45) is 11.3 Å². The van der Waals surface area contributed by atoms with Gasteiger partial charge in [0.1, 0.15) is 11.5 Å². The zero-order chi connectivity index (χ0) is 44.8. The molecule has 4 N–H and O–H groups in total. The van der Waals surface area contributed by atoms with Gasteiger partial charge < -0.3 is 35.4 Å². The Bertz CT molecular complexity index is 2550. The molecule has 2 amide bonds. The normalized spacial score (nSPS) is 19.7. The number of hydrogen-bond acceptors (Lipinski definition) is 14. The Morgan fingerprint density at radius 1 is 0.815 bits per heavy atom. The maximum absolute atomic E-state index is 13.9. The Kier molecular flexibility index (Phi) is 12.1. The van der Waals surface area contributed by atoms with Crippen molar-refractivity contribution in [1.82, 2.24) is 39.5 Å². The van der Waals surface area contributed by atoms with E-state index in [1.54, 1.807) is 34.7 Å². The van der Waals surface area contributed by atoms with E-state index in [1.807, 2.05) is 13.8 Å². The molecular weight excluding hydrogens is 841 g/mol. The number of carbonyl (C=O) groups is 2. The summed E-state index contributed by atoms with van der Waals surface area (Å²) in [6.45, 7) is 15.1. The number of amides is 2. The second-order valence-corrected chi connectivity index (χ2v) is 20.4. The number of fused-ring (bicyclic) bond motifs is 2. The lowest BCUT2D eigenvalue weighted by Crippen LogP contribution is -2.50. The van der Waals surface area contributed by atoms with Crippen LogP contribution in [-0.2, 0) is 35.7 Å². The van der Waals surface area contributed by atoms with E-state index in [9.17, 15) is 19.8 Å². The molecular formula is C49H60N10O5S. The fourth-order valence-corrected chi connectivity index (χ4v) is 11.8. The van der Waals surface area contributed by atoms with E-state index in [1.165, 1.54) is 16.5 Å². The topological polar surface area (TPSA) is 178 Å². The number of morpholine rings is 1. The Hall–Kier alpha value is -5.42. The lowest BCUT2D eigenvalue weighted by atomic mass is 9.71. The number of anilines is 2. The van der Waals surface area contributed by atoms with Crippen LogP contribution in [0.5, 0.6) is 11.5 Å². The Morgan fingerprint density at radius 3 is 2.23 bits per heavy atom. The minimum atomic E-state index is -0.224. The molecule has 5 aliphatic heterocycles. The first-order chi connectivity index (χ1) is 31.5. The summed E-state index contributed by atoms with van der Waals surface area (Å²) in [5.41, 5.74) is 12.2. The van der Waals surface area contributed by atoms with E-state index in [0.717, 1.165) is 137 Å². The number of nitrogen functional groups attached to an aromatic ring is 1.